The maximum absolute atomic E-state index is 5.39. The molecule has 0 aliphatic carbocycles. The van der Waals surface area contributed by atoms with Gasteiger partial charge in [0, 0.05) is 30.1 Å². The van der Waals surface area contributed by atoms with Gasteiger partial charge >= 0.3 is 0 Å². The van der Waals surface area contributed by atoms with Crippen molar-refractivity contribution in [3.63, 3.8) is 0 Å². The Bertz CT molecular complexity index is 1070. The summed E-state index contributed by atoms with van der Waals surface area (Å²) < 4.78 is 7.37. The summed E-state index contributed by atoms with van der Waals surface area (Å²) >= 11 is 0. The van der Waals surface area contributed by atoms with Crippen LogP contribution < -0.4 is 0 Å². The molecule has 0 amide bonds. The molecule has 8 nitrogen and oxygen atoms in total. The molecule has 142 valence electrons. The molecule has 0 bridgehead atoms. The first-order chi connectivity index (χ1) is 13.9. The van der Waals surface area contributed by atoms with E-state index in [2.05, 4.69) is 30.3 Å². The van der Waals surface area contributed by atoms with Crippen molar-refractivity contribution >= 4 is 11.0 Å². The van der Waals surface area contributed by atoms with E-state index in [4.69, 9.17) is 4.52 Å². The van der Waals surface area contributed by atoms with E-state index in [1.165, 1.54) is 32.4 Å². The number of nitrogens with zero attached hydrogens (tertiary/aromatic N) is 7. The Morgan fingerprint density at radius 2 is 1.79 bits per heavy atom. The molecule has 0 radical (unpaired) electrons. The smallest absolute Gasteiger partial charge is 0.258 e. The third-order valence-electron chi connectivity index (χ3n) is 5.20. The molecule has 5 rings (SSSR count). The molecule has 1 aliphatic rings. The van der Waals surface area contributed by atoms with Crippen molar-refractivity contribution in [3.05, 3.63) is 42.7 Å². The molecule has 1 fully saturated rings. The number of rotatable bonds is 5. The number of aromatic nitrogens is 6. The standard InChI is InChI=1S/C20H21N7O/c1-2-10-26(11-3-1)12-13-27-18-5-4-16(14-17(18)23-25-27)19-22-20(28-24-19)15-6-8-21-9-7-15/h4-9,14H,1-3,10-13H2. The highest BCUT2D eigenvalue weighted by molar-refractivity contribution is 5.80. The Hall–Kier alpha value is -3.13. The zero-order chi connectivity index (χ0) is 18.8. The maximum Gasteiger partial charge on any atom is 0.258 e. The highest BCUT2D eigenvalue weighted by Gasteiger charge is 2.14. The van der Waals surface area contributed by atoms with Gasteiger partial charge in [0.1, 0.15) is 5.52 Å². The fourth-order valence-electron chi connectivity index (χ4n) is 3.65. The summed E-state index contributed by atoms with van der Waals surface area (Å²) in [5.41, 5.74) is 3.57. The maximum atomic E-state index is 5.39. The van der Waals surface area contributed by atoms with Crippen molar-refractivity contribution in [2.45, 2.75) is 25.8 Å². The van der Waals surface area contributed by atoms with Crippen LogP contribution in [0, 0.1) is 0 Å². The van der Waals surface area contributed by atoms with E-state index in [1.807, 2.05) is 35.0 Å². The van der Waals surface area contributed by atoms with E-state index < -0.39 is 0 Å². The van der Waals surface area contributed by atoms with Gasteiger partial charge in [-0.25, -0.2) is 4.68 Å². The molecule has 1 saturated heterocycles. The zero-order valence-corrected chi connectivity index (χ0v) is 15.5. The van der Waals surface area contributed by atoms with Crippen LogP contribution in [0.4, 0.5) is 0 Å². The van der Waals surface area contributed by atoms with Crippen LogP contribution in [0.3, 0.4) is 0 Å². The molecule has 8 heteroatoms. The number of hydrogen-bond donors (Lipinski definition) is 0. The fraction of sp³-hybridized carbons (Fsp3) is 0.350. The summed E-state index contributed by atoms with van der Waals surface area (Å²) in [6.07, 6.45) is 7.35. The summed E-state index contributed by atoms with van der Waals surface area (Å²) in [6.45, 7) is 4.24. The van der Waals surface area contributed by atoms with E-state index in [0.29, 0.717) is 11.7 Å². The average molecular weight is 375 g/mol. The van der Waals surface area contributed by atoms with E-state index in [0.717, 1.165) is 35.2 Å². The van der Waals surface area contributed by atoms with Crippen LogP contribution >= 0.6 is 0 Å². The van der Waals surface area contributed by atoms with Crippen LogP contribution in [0.1, 0.15) is 19.3 Å². The molecule has 1 aliphatic heterocycles. The second kappa shape index (κ2) is 7.47. The molecular formula is C20H21N7O. The van der Waals surface area contributed by atoms with Gasteiger partial charge in [0.25, 0.3) is 5.89 Å². The largest absolute Gasteiger partial charge is 0.334 e. The molecule has 0 atom stereocenters. The van der Waals surface area contributed by atoms with Crippen molar-refractivity contribution in [3.8, 4) is 22.8 Å². The number of hydrogen-bond acceptors (Lipinski definition) is 7. The van der Waals surface area contributed by atoms with E-state index in [9.17, 15) is 0 Å². The molecular weight excluding hydrogens is 354 g/mol. The Labute approximate surface area is 162 Å². The van der Waals surface area contributed by atoms with E-state index >= 15 is 0 Å². The number of benzene rings is 1. The topological polar surface area (TPSA) is 85.8 Å². The minimum absolute atomic E-state index is 0.475. The van der Waals surface area contributed by atoms with Gasteiger partial charge in [0.15, 0.2) is 0 Å². The summed E-state index contributed by atoms with van der Waals surface area (Å²) in [5, 5.41) is 12.8. The van der Waals surface area contributed by atoms with Crippen LogP contribution in [0.15, 0.2) is 47.2 Å². The number of fused-ring (bicyclic) bond motifs is 1. The lowest BCUT2D eigenvalue weighted by Gasteiger charge is -2.26. The zero-order valence-electron chi connectivity index (χ0n) is 15.5. The van der Waals surface area contributed by atoms with Crippen molar-refractivity contribution in [1.82, 2.24) is 35.0 Å². The first kappa shape index (κ1) is 17.0. The Morgan fingerprint density at radius 3 is 2.64 bits per heavy atom. The quantitative estimate of drug-likeness (QED) is 0.530. The van der Waals surface area contributed by atoms with Gasteiger partial charge in [-0.3, -0.25) is 4.98 Å². The molecule has 4 aromatic rings. The molecule has 28 heavy (non-hydrogen) atoms. The molecule has 4 heterocycles. The molecule has 1 aromatic carbocycles. The average Bonchev–Trinajstić information content (AvgIpc) is 3.41. The van der Waals surface area contributed by atoms with Crippen molar-refractivity contribution in [2.75, 3.05) is 19.6 Å². The lowest BCUT2D eigenvalue weighted by molar-refractivity contribution is 0.218. The normalized spacial score (nSPS) is 15.3. The highest BCUT2D eigenvalue weighted by Crippen LogP contribution is 2.24. The first-order valence-electron chi connectivity index (χ1n) is 9.67. The van der Waals surface area contributed by atoms with Crippen molar-refractivity contribution in [1.29, 1.82) is 0 Å². The van der Waals surface area contributed by atoms with Gasteiger partial charge in [0.05, 0.1) is 12.1 Å². The third-order valence-corrected chi connectivity index (χ3v) is 5.20. The van der Waals surface area contributed by atoms with E-state index in [1.54, 1.807) is 12.4 Å². The van der Waals surface area contributed by atoms with Gasteiger partial charge in [-0.1, -0.05) is 16.8 Å². The number of pyridine rings is 1. The van der Waals surface area contributed by atoms with Gasteiger partial charge in [0.2, 0.25) is 5.82 Å². The molecule has 0 saturated carbocycles. The minimum Gasteiger partial charge on any atom is -0.334 e. The van der Waals surface area contributed by atoms with Crippen LogP contribution in [0.25, 0.3) is 33.9 Å². The Balaban J connectivity index is 1.35. The Morgan fingerprint density at radius 1 is 0.929 bits per heavy atom. The van der Waals surface area contributed by atoms with Crippen molar-refractivity contribution < 1.29 is 4.52 Å². The van der Waals surface area contributed by atoms with Gasteiger partial charge < -0.3 is 9.42 Å². The van der Waals surface area contributed by atoms with Gasteiger partial charge in [-0.05, 0) is 56.3 Å². The predicted molar refractivity (Wildman–Crippen MR) is 104 cm³/mol. The lowest BCUT2D eigenvalue weighted by atomic mass is 10.1. The van der Waals surface area contributed by atoms with Crippen LogP contribution in [0.5, 0.6) is 0 Å². The van der Waals surface area contributed by atoms with Crippen LogP contribution in [-0.4, -0.2) is 54.7 Å². The lowest BCUT2D eigenvalue weighted by Crippen LogP contribution is -2.32. The monoisotopic (exact) mass is 375 g/mol. The Kier molecular flexibility index (Phi) is 4.54. The van der Waals surface area contributed by atoms with Crippen LogP contribution in [-0.2, 0) is 6.54 Å². The second-order valence-corrected chi connectivity index (χ2v) is 7.08. The number of likely N-dealkylation sites (tertiary alicyclic amines) is 1. The minimum atomic E-state index is 0.475. The molecule has 0 unspecified atom stereocenters. The number of piperidine rings is 1. The first-order valence-corrected chi connectivity index (χ1v) is 9.67. The molecule has 3 aromatic heterocycles. The van der Waals surface area contributed by atoms with Crippen molar-refractivity contribution in [2.24, 2.45) is 0 Å². The molecule has 0 N–H and O–H groups in total. The third kappa shape index (κ3) is 3.38. The summed E-state index contributed by atoms with van der Waals surface area (Å²) in [6, 6.07) is 9.66. The SMILES string of the molecule is c1cc(-c2nc(-c3ccc4c(c3)nnn4CCN3CCCCC3)no2)ccn1. The summed E-state index contributed by atoms with van der Waals surface area (Å²) in [4.78, 5) is 11.0. The molecule has 0 spiro atoms. The summed E-state index contributed by atoms with van der Waals surface area (Å²) in [7, 11) is 0. The summed E-state index contributed by atoms with van der Waals surface area (Å²) in [5.74, 6) is 1.01. The fourth-order valence-corrected chi connectivity index (χ4v) is 3.65. The van der Waals surface area contributed by atoms with E-state index in [-0.39, 0.29) is 0 Å². The van der Waals surface area contributed by atoms with Gasteiger partial charge in [-0.2, -0.15) is 4.98 Å². The second-order valence-electron chi connectivity index (χ2n) is 7.08. The van der Waals surface area contributed by atoms with Crippen LogP contribution in [0.2, 0.25) is 0 Å². The van der Waals surface area contributed by atoms with Gasteiger partial charge in [-0.15, -0.1) is 5.10 Å². The highest BCUT2D eigenvalue weighted by atomic mass is 16.5. The predicted octanol–water partition coefficient (Wildman–Crippen LogP) is 3.03.